The van der Waals surface area contributed by atoms with Gasteiger partial charge in [0.1, 0.15) is 5.75 Å². The molecule has 4 aromatic rings. The highest BCUT2D eigenvalue weighted by atomic mass is 32.1. The quantitative estimate of drug-likeness (QED) is 0.339. The van der Waals surface area contributed by atoms with Crippen LogP contribution in [0.5, 0.6) is 5.75 Å². The molecule has 0 radical (unpaired) electrons. The number of thiophene rings is 1. The lowest BCUT2D eigenvalue weighted by atomic mass is 9.92. The molecule has 2 amide bonds. The minimum atomic E-state index is -0.208. The number of H-pyrrole nitrogens is 1. The number of ether oxygens (including phenoxy) is 1. The van der Waals surface area contributed by atoms with Gasteiger partial charge in [0.2, 0.25) is 5.91 Å². The Kier molecular flexibility index (Phi) is 5.54. The van der Waals surface area contributed by atoms with Crippen molar-refractivity contribution >= 4 is 46.2 Å². The fourth-order valence-electron chi connectivity index (χ4n) is 4.01. The molecule has 7 heteroatoms. The highest BCUT2D eigenvalue weighted by Gasteiger charge is 2.30. The van der Waals surface area contributed by atoms with E-state index in [1.54, 1.807) is 36.8 Å². The van der Waals surface area contributed by atoms with Crippen molar-refractivity contribution in [3.05, 3.63) is 88.4 Å². The lowest BCUT2D eigenvalue weighted by Gasteiger charge is -2.16. The van der Waals surface area contributed by atoms with E-state index in [-0.39, 0.29) is 11.8 Å². The van der Waals surface area contributed by atoms with Crippen LogP contribution in [0.3, 0.4) is 0 Å². The summed E-state index contributed by atoms with van der Waals surface area (Å²) in [5.74, 6) is 0.328. The zero-order valence-corrected chi connectivity index (χ0v) is 18.7. The predicted molar refractivity (Wildman–Crippen MR) is 132 cm³/mol. The van der Waals surface area contributed by atoms with Crippen molar-refractivity contribution < 1.29 is 14.3 Å². The van der Waals surface area contributed by atoms with Crippen LogP contribution in [-0.2, 0) is 16.0 Å². The van der Waals surface area contributed by atoms with E-state index in [0.29, 0.717) is 34.8 Å². The van der Waals surface area contributed by atoms with Gasteiger partial charge in [-0.3, -0.25) is 9.59 Å². The van der Waals surface area contributed by atoms with E-state index in [0.717, 1.165) is 21.6 Å². The number of carbonyl (C=O) groups is 2. The summed E-state index contributed by atoms with van der Waals surface area (Å²) in [7, 11) is 1.59. The number of nitrogens with one attached hydrogen (secondary N) is 3. The topological polar surface area (TPSA) is 83.2 Å². The van der Waals surface area contributed by atoms with Gasteiger partial charge in [-0.05, 0) is 41.3 Å². The second kappa shape index (κ2) is 8.80. The predicted octanol–water partition coefficient (Wildman–Crippen LogP) is 5.43. The Labute approximate surface area is 194 Å². The molecule has 0 bridgehead atoms. The van der Waals surface area contributed by atoms with Crippen LogP contribution in [0.1, 0.15) is 16.1 Å². The van der Waals surface area contributed by atoms with Crippen molar-refractivity contribution in [2.75, 3.05) is 17.7 Å². The average Bonchev–Trinajstić information content (AvgIpc) is 3.56. The standard InChI is InChI=1S/C26H21N3O3S/c1-32-22-11-12-27-21(22)15-18-25-20(29-26(18)31)10-9-19(24(25)16-6-3-2-4-7-16)28-23(30)14-17-8-5-13-33-17/h2-13,15,27H,14H2,1H3,(H,28,30)(H,29,31)/b18-15-. The van der Waals surface area contributed by atoms with Crippen LogP contribution >= 0.6 is 11.3 Å². The zero-order chi connectivity index (χ0) is 22.8. The molecule has 0 unspecified atom stereocenters. The van der Waals surface area contributed by atoms with Crippen molar-refractivity contribution in [3.63, 3.8) is 0 Å². The molecule has 2 aromatic carbocycles. The molecule has 0 saturated heterocycles. The van der Waals surface area contributed by atoms with E-state index in [1.165, 1.54) is 0 Å². The first kappa shape index (κ1) is 20.8. The summed E-state index contributed by atoms with van der Waals surface area (Å²) in [4.78, 5) is 29.9. The molecule has 0 aliphatic carbocycles. The van der Waals surface area contributed by atoms with Gasteiger partial charge in [0.25, 0.3) is 5.91 Å². The second-order valence-corrected chi connectivity index (χ2v) is 8.59. The second-order valence-electron chi connectivity index (χ2n) is 7.55. The number of fused-ring (bicyclic) bond motifs is 1. The zero-order valence-electron chi connectivity index (χ0n) is 17.8. The molecule has 1 aliphatic rings. The molecule has 0 saturated carbocycles. The lowest BCUT2D eigenvalue weighted by Crippen LogP contribution is -2.14. The van der Waals surface area contributed by atoms with E-state index in [1.807, 2.05) is 60.0 Å². The molecule has 164 valence electrons. The number of carbonyl (C=O) groups excluding carboxylic acids is 2. The minimum absolute atomic E-state index is 0.108. The van der Waals surface area contributed by atoms with Gasteiger partial charge in [0.05, 0.1) is 24.8 Å². The summed E-state index contributed by atoms with van der Waals surface area (Å²) < 4.78 is 5.40. The third-order valence-corrected chi connectivity index (χ3v) is 6.34. The molecule has 2 aromatic heterocycles. The Balaban J connectivity index is 1.63. The Morgan fingerprint density at radius 1 is 1.06 bits per heavy atom. The summed E-state index contributed by atoms with van der Waals surface area (Å²) in [6.45, 7) is 0. The minimum Gasteiger partial charge on any atom is -0.495 e. The first-order valence-corrected chi connectivity index (χ1v) is 11.3. The normalized spacial score (nSPS) is 13.6. The third kappa shape index (κ3) is 4.06. The monoisotopic (exact) mass is 455 g/mol. The molecule has 0 fully saturated rings. The molecule has 6 nitrogen and oxygen atoms in total. The maximum absolute atomic E-state index is 13.0. The Bertz CT molecular complexity index is 1350. The average molecular weight is 456 g/mol. The van der Waals surface area contributed by atoms with Crippen LogP contribution in [-0.4, -0.2) is 23.9 Å². The van der Waals surface area contributed by atoms with Crippen molar-refractivity contribution in [1.82, 2.24) is 4.98 Å². The van der Waals surface area contributed by atoms with Crippen LogP contribution in [0.2, 0.25) is 0 Å². The fraction of sp³-hybridized carbons (Fsp3) is 0.0769. The van der Waals surface area contributed by atoms with Crippen LogP contribution < -0.4 is 15.4 Å². The van der Waals surface area contributed by atoms with Crippen molar-refractivity contribution in [1.29, 1.82) is 0 Å². The van der Waals surface area contributed by atoms with Gasteiger partial charge in [-0.2, -0.15) is 0 Å². The number of amides is 2. The van der Waals surface area contributed by atoms with E-state index in [2.05, 4.69) is 15.6 Å². The van der Waals surface area contributed by atoms with E-state index in [4.69, 9.17) is 4.74 Å². The van der Waals surface area contributed by atoms with Crippen LogP contribution in [0.25, 0.3) is 22.8 Å². The number of aromatic amines is 1. The van der Waals surface area contributed by atoms with E-state index >= 15 is 0 Å². The molecule has 0 spiro atoms. The summed E-state index contributed by atoms with van der Waals surface area (Å²) in [5.41, 5.74) is 5.00. The SMILES string of the molecule is COc1cc[nH]c1/C=C1\C(=O)Nc2ccc(NC(=O)Cc3cccs3)c(-c3ccccc3)c21. The fourth-order valence-corrected chi connectivity index (χ4v) is 4.71. The molecular formula is C26H21N3O3S. The van der Waals surface area contributed by atoms with Gasteiger partial charge >= 0.3 is 0 Å². The first-order valence-electron chi connectivity index (χ1n) is 10.4. The van der Waals surface area contributed by atoms with E-state index in [9.17, 15) is 9.59 Å². The number of methoxy groups -OCH3 is 1. The third-order valence-electron chi connectivity index (χ3n) is 5.47. The van der Waals surface area contributed by atoms with Gasteiger partial charge in [0, 0.05) is 33.6 Å². The summed E-state index contributed by atoms with van der Waals surface area (Å²) >= 11 is 1.55. The van der Waals surface area contributed by atoms with Gasteiger partial charge in [-0.25, -0.2) is 0 Å². The molecule has 33 heavy (non-hydrogen) atoms. The Hall–Kier alpha value is -4.10. The number of hydrogen-bond acceptors (Lipinski definition) is 4. The lowest BCUT2D eigenvalue weighted by molar-refractivity contribution is -0.115. The highest BCUT2D eigenvalue weighted by Crippen LogP contribution is 2.44. The van der Waals surface area contributed by atoms with Gasteiger partial charge in [0.15, 0.2) is 0 Å². The van der Waals surface area contributed by atoms with Crippen LogP contribution in [0.4, 0.5) is 11.4 Å². The number of hydrogen-bond donors (Lipinski definition) is 3. The number of benzene rings is 2. The van der Waals surface area contributed by atoms with Crippen molar-refractivity contribution in [3.8, 4) is 16.9 Å². The summed E-state index contributed by atoms with van der Waals surface area (Å²) in [6.07, 6.45) is 3.84. The molecule has 3 N–H and O–H groups in total. The smallest absolute Gasteiger partial charge is 0.256 e. The van der Waals surface area contributed by atoms with Gasteiger partial charge in [-0.15, -0.1) is 11.3 Å². The van der Waals surface area contributed by atoms with Gasteiger partial charge < -0.3 is 20.4 Å². The molecular weight excluding hydrogens is 434 g/mol. The molecule has 1 aliphatic heterocycles. The number of anilines is 2. The summed E-state index contributed by atoms with van der Waals surface area (Å²) in [6, 6.07) is 19.1. The molecule has 5 rings (SSSR count). The van der Waals surface area contributed by atoms with Crippen LogP contribution in [0.15, 0.2) is 72.2 Å². The highest BCUT2D eigenvalue weighted by molar-refractivity contribution is 7.10. The van der Waals surface area contributed by atoms with Crippen molar-refractivity contribution in [2.24, 2.45) is 0 Å². The molecule has 3 heterocycles. The maximum atomic E-state index is 13.0. The van der Waals surface area contributed by atoms with Crippen molar-refractivity contribution in [2.45, 2.75) is 6.42 Å². The van der Waals surface area contributed by atoms with Crippen LogP contribution in [0, 0.1) is 0 Å². The Morgan fingerprint density at radius 3 is 2.67 bits per heavy atom. The Morgan fingerprint density at radius 2 is 1.91 bits per heavy atom. The number of aromatic nitrogens is 1. The summed E-state index contributed by atoms with van der Waals surface area (Å²) in [5, 5.41) is 7.97. The van der Waals surface area contributed by atoms with E-state index < -0.39 is 0 Å². The largest absolute Gasteiger partial charge is 0.495 e. The van der Waals surface area contributed by atoms with Gasteiger partial charge in [-0.1, -0.05) is 36.4 Å². The number of rotatable bonds is 6. The first-order chi connectivity index (χ1) is 16.1. The maximum Gasteiger partial charge on any atom is 0.256 e. The molecule has 0 atom stereocenters.